The lowest BCUT2D eigenvalue weighted by Gasteiger charge is -2.37. The van der Waals surface area contributed by atoms with Crippen LogP contribution >= 0.6 is 11.6 Å². The number of hydrogen-bond acceptors (Lipinski definition) is 1. The molecule has 1 N–H and O–H groups in total. The molecule has 0 unspecified atom stereocenters. The maximum Gasteiger partial charge on any atom is 0.389 e. The van der Waals surface area contributed by atoms with Crippen LogP contribution < -0.4 is 5.32 Å². The summed E-state index contributed by atoms with van der Waals surface area (Å²) in [5.74, 6) is 0.439. The molecule has 1 aliphatic rings. The maximum atomic E-state index is 12.0. The third kappa shape index (κ3) is 4.39. The molecule has 1 aromatic rings. The molecule has 0 aliphatic heterocycles. The number of benzene rings is 1. The third-order valence-electron chi connectivity index (χ3n) is 3.55. The number of alkyl halides is 3. The van der Waals surface area contributed by atoms with Gasteiger partial charge in [0.1, 0.15) is 0 Å². The molecule has 1 aromatic carbocycles. The summed E-state index contributed by atoms with van der Waals surface area (Å²) < 4.78 is 35.9. The highest BCUT2D eigenvalue weighted by molar-refractivity contribution is 6.31. The summed E-state index contributed by atoms with van der Waals surface area (Å²) in [4.78, 5) is 0. The number of halogens is 4. The summed E-state index contributed by atoms with van der Waals surface area (Å²) in [5.41, 5.74) is 1.15. The molecule has 0 saturated heterocycles. The Morgan fingerprint density at radius 1 is 1.21 bits per heavy atom. The fourth-order valence-electron chi connectivity index (χ4n) is 2.44. The zero-order valence-corrected chi connectivity index (χ0v) is 11.3. The van der Waals surface area contributed by atoms with Gasteiger partial charge in [-0.25, -0.2) is 0 Å². The monoisotopic (exact) mass is 291 g/mol. The lowest BCUT2D eigenvalue weighted by atomic mass is 9.76. The smallest absolute Gasteiger partial charge is 0.314 e. The molecule has 0 bridgehead atoms. The fourth-order valence-corrected chi connectivity index (χ4v) is 2.73. The highest BCUT2D eigenvalue weighted by atomic mass is 35.5. The minimum Gasteiger partial charge on any atom is -0.314 e. The van der Waals surface area contributed by atoms with E-state index in [2.05, 4.69) is 5.32 Å². The SMILES string of the molecule is FC(F)(F)CCCNC1CC(c2ccccc2Cl)C1. The van der Waals surface area contributed by atoms with E-state index in [1.807, 2.05) is 24.3 Å². The average Bonchev–Trinajstić information content (AvgIpc) is 2.27. The number of hydrogen-bond donors (Lipinski definition) is 1. The van der Waals surface area contributed by atoms with Gasteiger partial charge in [-0.3, -0.25) is 0 Å². The largest absolute Gasteiger partial charge is 0.389 e. The Kier molecular flexibility index (Phi) is 4.74. The summed E-state index contributed by atoms with van der Waals surface area (Å²) in [6, 6.07) is 8.09. The molecule has 19 heavy (non-hydrogen) atoms. The van der Waals surface area contributed by atoms with Gasteiger partial charge >= 0.3 is 6.18 Å². The molecule has 0 amide bonds. The third-order valence-corrected chi connectivity index (χ3v) is 3.90. The predicted octanol–water partition coefficient (Wildman–Crippen LogP) is 4.52. The Morgan fingerprint density at radius 3 is 2.53 bits per heavy atom. The first-order chi connectivity index (χ1) is 8.96. The van der Waals surface area contributed by atoms with Crippen LogP contribution in [-0.4, -0.2) is 18.8 Å². The van der Waals surface area contributed by atoms with Gasteiger partial charge in [0.05, 0.1) is 0 Å². The van der Waals surface area contributed by atoms with Crippen molar-refractivity contribution in [3.63, 3.8) is 0 Å². The molecule has 106 valence electrons. The van der Waals surface area contributed by atoms with E-state index in [9.17, 15) is 13.2 Å². The Hall–Kier alpha value is -0.740. The molecule has 1 aliphatic carbocycles. The van der Waals surface area contributed by atoms with Crippen molar-refractivity contribution in [2.75, 3.05) is 6.54 Å². The van der Waals surface area contributed by atoms with Gasteiger partial charge < -0.3 is 5.32 Å². The van der Waals surface area contributed by atoms with Crippen molar-refractivity contribution in [3.8, 4) is 0 Å². The molecular formula is C14H17ClF3N. The Morgan fingerprint density at radius 2 is 1.89 bits per heavy atom. The lowest BCUT2D eigenvalue weighted by Crippen LogP contribution is -2.40. The topological polar surface area (TPSA) is 12.0 Å². The van der Waals surface area contributed by atoms with Gasteiger partial charge in [-0.15, -0.1) is 0 Å². The standard InChI is InChI=1S/C14H17ClF3N/c15-13-5-2-1-4-12(13)10-8-11(9-10)19-7-3-6-14(16,17)18/h1-2,4-5,10-11,19H,3,6-9H2. The minimum atomic E-state index is -4.04. The van der Waals surface area contributed by atoms with Crippen molar-refractivity contribution < 1.29 is 13.2 Å². The van der Waals surface area contributed by atoms with Gasteiger partial charge in [0.2, 0.25) is 0 Å². The van der Waals surface area contributed by atoms with Gasteiger partial charge in [-0.2, -0.15) is 13.2 Å². The van der Waals surface area contributed by atoms with Crippen LogP contribution in [0.3, 0.4) is 0 Å². The van der Waals surface area contributed by atoms with E-state index >= 15 is 0 Å². The van der Waals surface area contributed by atoms with Gasteiger partial charge in [0, 0.05) is 17.5 Å². The first kappa shape index (κ1) is 14.7. The van der Waals surface area contributed by atoms with Gasteiger partial charge in [0.25, 0.3) is 0 Å². The molecule has 1 saturated carbocycles. The van der Waals surface area contributed by atoms with Crippen LogP contribution in [-0.2, 0) is 0 Å². The molecule has 1 fully saturated rings. The molecule has 5 heteroatoms. The first-order valence-corrected chi connectivity index (χ1v) is 6.88. The van der Waals surface area contributed by atoms with E-state index in [4.69, 9.17) is 11.6 Å². The van der Waals surface area contributed by atoms with E-state index in [0.717, 1.165) is 23.4 Å². The van der Waals surface area contributed by atoms with Crippen LogP contribution in [0.25, 0.3) is 0 Å². The highest BCUT2D eigenvalue weighted by Gasteiger charge is 2.31. The van der Waals surface area contributed by atoms with Crippen molar-refractivity contribution >= 4 is 11.6 Å². The zero-order valence-electron chi connectivity index (χ0n) is 10.5. The van der Waals surface area contributed by atoms with E-state index in [0.29, 0.717) is 18.5 Å². The molecule has 1 nitrogen and oxygen atoms in total. The van der Waals surface area contributed by atoms with Crippen LogP contribution in [0.4, 0.5) is 13.2 Å². The Bertz CT molecular complexity index is 413. The Balaban J connectivity index is 1.66. The second kappa shape index (κ2) is 6.14. The summed E-state index contributed by atoms with van der Waals surface area (Å²) in [5, 5.41) is 3.95. The first-order valence-electron chi connectivity index (χ1n) is 6.50. The van der Waals surface area contributed by atoms with Gasteiger partial charge in [0.15, 0.2) is 0 Å². The van der Waals surface area contributed by atoms with E-state index in [1.54, 1.807) is 0 Å². The maximum absolute atomic E-state index is 12.0. The summed E-state index contributed by atoms with van der Waals surface area (Å²) in [6.45, 7) is 0.430. The predicted molar refractivity (Wildman–Crippen MR) is 70.5 cm³/mol. The second-order valence-electron chi connectivity index (χ2n) is 5.06. The van der Waals surface area contributed by atoms with E-state index in [-0.39, 0.29) is 6.42 Å². The molecule has 2 rings (SSSR count). The molecular weight excluding hydrogens is 275 g/mol. The molecule has 0 aromatic heterocycles. The van der Waals surface area contributed by atoms with E-state index in [1.165, 1.54) is 0 Å². The lowest BCUT2D eigenvalue weighted by molar-refractivity contribution is -0.135. The van der Waals surface area contributed by atoms with Crippen molar-refractivity contribution in [3.05, 3.63) is 34.9 Å². The summed E-state index contributed by atoms with van der Waals surface area (Å²) >= 11 is 6.11. The zero-order chi connectivity index (χ0) is 13.9. The van der Waals surface area contributed by atoms with Crippen molar-refractivity contribution in [2.24, 2.45) is 0 Å². The Labute approximate surface area is 116 Å². The van der Waals surface area contributed by atoms with Crippen LogP contribution in [0.2, 0.25) is 5.02 Å². The fraction of sp³-hybridized carbons (Fsp3) is 0.571. The van der Waals surface area contributed by atoms with Crippen LogP contribution in [0.5, 0.6) is 0 Å². The number of rotatable bonds is 5. The van der Waals surface area contributed by atoms with Crippen molar-refractivity contribution in [1.29, 1.82) is 0 Å². The van der Waals surface area contributed by atoms with Crippen molar-refractivity contribution in [1.82, 2.24) is 5.32 Å². The van der Waals surface area contributed by atoms with Crippen molar-refractivity contribution in [2.45, 2.75) is 43.8 Å². The number of nitrogens with one attached hydrogen (secondary N) is 1. The normalized spacial score (nSPS) is 23.2. The molecule has 0 atom stereocenters. The van der Waals surface area contributed by atoms with Gasteiger partial charge in [-0.1, -0.05) is 29.8 Å². The van der Waals surface area contributed by atoms with Crippen LogP contribution in [0.15, 0.2) is 24.3 Å². The second-order valence-corrected chi connectivity index (χ2v) is 5.47. The molecule has 0 heterocycles. The highest BCUT2D eigenvalue weighted by Crippen LogP contribution is 2.39. The quantitative estimate of drug-likeness (QED) is 0.787. The minimum absolute atomic E-state index is 0.150. The van der Waals surface area contributed by atoms with Crippen LogP contribution in [0, 0.1) is 0 Å². The summed E-state index contributed by atoms with van der Waals surface area (Å²) in [7, 11) is 0. The average molecular weight is 292 g/mol. The summed E-state index contributed by atoms with van der Waals surface area (Å²) in [6.07, 6.45) is -2.69. The molecule has 0 spiro atoms. The van der Waals surface area contributed by atoms with Crippen LogP contribution in [0.1, 0.15) is 37.2 Å². The van der Waals surface area contributed by atoms with Gasteiger partial charge in [-0.05, 0) is 43.4 Å². The molecule has 0 radical (unpaired) electrons. The van der Waals surface area contributed by atoms with E-state index < -0.39 is 12.6 Å².